The van der Waals surface area contributed by atoms with Crippen LogP contribution in [-0.4, -0.2) is 12.6 Å². The van der Waals surface area contributed by atoms with Crippen molar-refractivity contribution in [3.05, 3.63) is 35.6 Å². The van der Waals surface area contributed by atoms with Gasteiger partial charge in [-0.2, -0.15) is 5.48 Å². The highest BCUT2D eigenvalue weighted by atomic mass is 19.1. The van der Waals surface area contributed by atoms with Gasteiger partial charge in [-0.15, -0.1) is 0 Å². The fourth-order valence-corrected chi connectivity index (χ4v) is 2.08. The fourth-order valence-electron chi connectivity index (χ4n) is 2.08. The molecule has 0 heterocycles. The predicted octanol–water partition coefficient (Wildman–Crippen LogP) is 3.25. The van der Waals surface area contributed by atoms with Gasteiger partial charge < -0.3 is 4.84 Å². The standard InChI is InChI=1S/C14H20FNO/c1-10(2)9-17-16-14-7-12(8-14)11-4-3-5-13(15)6-11/h3-6,10,12,14,16H,7-9H2,1-2H3. The van der Waals surface area contributed by atoms with Crippen molar-refractivity contribution in [3.63, 3.8) is 0 Å². The molecular formula is C14H20FNO. The number of nitrogens with one attached hydrogen (secondary N) is 1. The first-order chi connectivity index (χ1) is 8.15. The van der Waals surface area contributed by atoms with E-state index < -0.39 is 0 Å². The van der Waals surface area contributed by atoms with Crippen molar-refractivity contribution in [2.45, 2.75) is 38.6 Å². The molecule has 0 unspecified atom stereocenters. The molecule has 1 aliphatic carbocycles. The van der Waals surface area contributed by atoms with Crippen LogP contribution in [0.4, 0.5) is 4.39 Å². The summed E-state index contributed by atoms with van der Waals surface area (Å²) in [6, 6.07) is 7.32. The fraction of sp³-hybridized carbons (Fsp3) is 0.571. The summed E-state index contributed by atoms with van der Waals surface area (Å²) in [5.41, 5.74) is 4.17. The topological polar surface area (TPSA) is 21.3 Å². The second-order valence-corrected chi connectivity index (χ2v) is 5.24. The van der Waals surface area contributed by atoms with Crippen LogP contribution in [0.25, 0.3) is 0 Å². The van der Waals surface area contributed by atoms with Gasteiger partial charge in [0, 0.05) is 6.04 Å². The molecule has 17 heavy (non-hydrogen) atoms. The van der Waals surface area contributed by atoms with Crippen LogP contribution in [0.2, 0.25) is 0 Å². The first-order valence-corrected chi connectivity index (χ1v) is 6.28. The summed E-state index contributed by atoms with van der Waals surface area (Å²) in [5, 5.41) is 0. The molecule has 1 aromatic rings. The zero-order valence-corrected chi connectivity index (χ0v) is 10.4. The molecule has 0 bridgehead atoms. The Labute approximate surface area is 102 Å². The van der Waals surface area contributed by atoms with E-state index in [2.05, 4.69) is 19.3 Å². The van der Waals surface area contributed by atoms with Gasteiger partial charge in [0.25, 0.3) is 0 Å². The maximum Gasteiger partial charge on any atom is 0.123 e. The third-order valence-electron chi connectivity index (χ3n) is 3.12. The van der Waals surface area contributed by atoms with Gasteiger partial charge in [0.2, 0.25) is 0 Å². The normalized spacial score (nSPS) is 23.8. The van der Waals surface area contributed by atoms with Gasteiger partial charge in [0.1, 0.15) is 5.82 Å². The summed E-state index contributed by atoms with van der Waals surface area (Å²) in [5.74, 6) is 0.877. The van der Waals surface area contributed by atoms with Crippen LogP contribution in [0.3, 0.4) is 0 Å². The van der Waals surface area contributed by atoms with Crippen molar-refractivity contribution in [2.75, 3.05) is 6.61 Å². The van der Waals surface area contributed by atoms with E-state index in [0.717, 1.165) is 25.0 Å². The Hall–Kier alpha value is -0.930. The van der Waals surface area contributed by atoms with Gasteiger partial charge in [0.15, 0.2) is 0 Å². The molecule has 1 aliphatic rings. The number of hydrogen-bond acceptors (Lipinski definition) is 2. The van der Waals surface area contributed by atoms with E-state index in [1.807, 2.05) is 6.07 Å². The summed E-state index contributed by atoms with van der Waals surface area (Å²) in [6.45, 7) is 4.98. The van der Waals surface area contributed by atoms with E-state index >= 15 is 0 Å². The zero-order chi connectivity index (χ0) is 12.3. The Morgan fingerprint density at radius 3 is 2.82 bits per heavy atom. The number of hydroxylamine groups is 1. The predicted molar refractivity (Wildman–Crippen MR) is 66.1 cm³/mol. The number of rotatable bonds is 5. The molecule has 2 nitrogen and oxygen atoms in total. The van der Waals surface area contributed by atoms with Gasteiger partial charge in [-0.1, -0.05) is 26.0 Å². The Bertz CT molecular complexity index is 361. The first kappa shape index (κ1) is 12.5. The van der Waals surface area contributed by atoms with Gasteiger partial charge in [0.05, 0.1) is 6.61 Å². The molecule has 0 saturated heterocycles. The van der Waals surface area contributed by atoms with Gasteiger partial charge in [-0.3, -0.25) is 0 Å². The highest BCUT2D eigenvalue weighted by Crippen LogP contribution is 2.36. The molecule has 1 N–H and O–H groups in total. The van der Waals surface area contributed by atoms with Crippen LogP contribution >= 0.6 is 0 Å². The van der Waals surface area contributed by atoms with Gasteiger partial charge >= 0.3 is 0 Å². The molecule has 0 amide bonds. The minimum Gasteiger partial charge on any atom is -0.301 e. The van der Waals surface area contributed by atoms with Crippen LogP contribution in [0.1, 0.15) is 38.2 Å². The number of halogens is 1. The first-order valence-electron chi connectivity index (χ1n) is 6.28. The quantitative estimate of drug-likeness (QED) is 0.794. The van der Waals surface area contributed by atoms with Crippen LogP contribution in [0.15, 0.2) is 24.3 Å². The average Bonchev–Trinajstić information content (AvgIpc) is 2.21. The van der Waals surface area contributed by atoms with Gasteiger partial charge in [-0.05, 0) is 42.4 Å². The second-order valence-electron chi connectivity index (χ2n) is 5.24. The molecule has 0 aromatic heterocycles. The Morgan fingerprint density at radius 1 is 1.41 bits per heavy atom. The van der Waals surface area contributed by atoms with E-state index in [1.165, 1.54) is 6.07 Å². The van der Waals surface area contributed by atoms with E-state index in [-0.39, 0.29) is 5.82 Å². The Kier molecular flexibility index (Phi) is 4.13. The van der Waals surface area contributed by atoms with Crippen LogP contribution in [0, 0.1) is 11.7 Å². The largest absolute Gasteiger partial charge is 0.301 e. The minimum absolute atomic E-state index is 0.144. The molecule has 2 rings (SSSR count). The monoisotopic (exact) mass is 237 g/mol. The number of hydrogen-bond donors (Lipinski definition) is 1. The highest BCUT2D eigenvalue weighted by molar-refractivity contribution is 5.23. The molecule has 0 aliphatic heterocycles. The van der Waals surface area contributed by atoms with Crippen LogP contribution < -0.4 is 5.48 Å². The van der Waals surface area contributed by atoms with E-state index in [9.17, 15) is 4.39 Å². The SMILES string of the molecule is CC(C)CONC1CC(c2cccc(F)c2)C1. The van der Waals surface area contributed by atoms with Crippen LogP contribution in [-0.2, 0) is 4.84 Å². The molecule has 0 atom stereocenters. The summed E-state index contributed by atoms with van der Waals surface area (Å²) in [6.07, 6.45) is 2.06. The number of benzene rings is 1. The molecule has 94 valence electrons. The summed E-state index contributed by atoms with van der Waals surface area (Å²) >= 11 is 0. The summed E-state index contributed by atoms with van der Waals surface area (Å²) < 4.78 is 13.0. The summed E-state index contributed by atoms with van der Waals surface area (Å²) in [7, 11) is 0. The molecular weight excluding hydrogens is 217 g/mol. The van der Waals surface area contributed by atoms with E-state index in [0.29, 0.717) is 17.9 Å². The maximum atomic E-state index is 13.0. The second kappa shape index (κ2) is 5.61. The molecule has 1 aromatic carbocycles. The Morgan fingerprint density at radius 2 is 2.18 bits per heavy atom. The van der Waals surface area contributed by atoms with Gasteiger partial charge in [-0.25, -0.2) is 4.39 Å². The molecule has 1 fully saturated rings. The summed E-state index contributed by atoms with van der Waals surface area (Å²) in [4.78, 5) is 5.38. The minimum atomic E-state index is -0.144. The highest BCUT2D eigenvalue weighted by Gasteiger charge is 2.30. The lowest BCUT2D eigenvalue weighted by molar-refractivity contribution is -0.0212. The molecule has 0 spiro atoms. The zero-order valence-electron chi connectivity index (χ0n) is 10.4. The van der Waals surface area contributed by atoms with Crippen LogP contribution in [0.5, 0.6) is 0 Å². The van der Waals surface area contributed by atoms with Crippen molar-refractivity contribution in [3.8, 4) is 0 Å². The lowest BCUT2D eigenvalue weighted by Gasteiger charge is -2.35. The Balaban J connectivity index is 1.72. The van der Waals surface area contributed by atoms with E-state index in [4.69, 9.17) is 4.84 Å². The smallest absolute Gasteiger partial charge is 0.123 e. The lowest BCUT2D eigenvalue weighted by Crippen LogP contribution is -2.40. The lowest BCUT2D eigenvalue weighted by atomic mass is 9.76. The van der Waals surface area contributed by atoms with Crippen molar-refractivity contribution in [1.29, 1.82) is 0 Å². The molecule has 3 heteroatoms. The van der Waals surface area contributed by atoms with Crippen molar-refractivity contribution < 1.29 is 9.23 Å². The van der Waals surface area contributed by atoms with Crippen molar-refractivity contribution >= 4 is 0 Å². The average molecular weight is 237 g/mol. The molecule has 1 saturated carbocycles. The third kappa shape index (κ3) is 3.51. The van der Waals surface area contributed by atoms with Crippen molar-refractivity contribution in [2.24, 2.45) is 5.92 Å². The molecule has 0 radical (unpaired) electrons. The van der Waals surface area contributed by atoms with E-state index in [1.54, 1.807) is 12.1 Å². The maximum absolute atomic E-state index is 13.0. The third-order valence-corrected chi connectivity index (χ3v) is 3.12. The van der Waals surface area contributed by atoms with Crippen molar-refractivity contribution in [1.82, 2.24) is 5.48 Å².